The summed E-state index contributed by atoms with van der Waals surface area (Å²) in [5.41, 5.74) is -0.688. The Kier molecular flexibility index (Phi) is 4.75. The average Bonchev–Trinajstić information content (AvgIpc) is 1.84. The van der Waals surface area contributed by atoms with Crippen LogP contribution in [0.15, 0.2) is 0 Å². The van der Waals surface area contributed by atoms with Crippen LogP contribution in [0.25, 0.3) is 0 Å². The second-order valence-corrected chi connectivity index (χ2v) is 4.07. The Labute approximate surface area is 76.0 Å². The summed E-state index contributed by atoms with van der Waals surface area (Å²) in [6, 6.07) is 0. The lowest BCUT2D eigenvalue weighted by Gasteiger charge is -2.30. The van der Waals surface area contributed by atoms with E-state index in [-0.39, 0.29) is 0 Å². The van der Waals surface area contributed by atoms with E-state index in [1.165, 1.54) is 0 Å². The van der Waals surface area contributed by atoms with Crippen molar-refractivity contribution in [2.45, 2.75) is 26.0 Å². The Morgan fingerprint density at radius 3 is 1.92 bits per heavy atom. The van der Waals surface area contributed by atoms with Crippen molar-refractivity contribution in [3.05, 3.63) is 0 Å². The van der Waals surface area contributed by atoms with Crippen LogP contribution >= 0.6 is 0 Å². The second-order valence-electron chi connectivity index (χ2n) is 4.07. The molecule has 0 bridgehead atoms. The zero-order valence-corrected chi connectivity index (χ0v) is 8.96. The van der Waals surface area contributed by atoms with E-state index in [0.717, 1.165) is 19.5 Å². The Morgan fingerprint density at radius 1 is 1.08 bits per heavy atom. The van der Waals surface area contributed by atoms with Crippen LogP contribution in [-0.4, -0.2) is 54.9 Å². The van der Waals surface area contributed by atoms with E-state index in [1.54, 1.807) is 0 Å². The van der Waals surface area contributed by atoms with E-state index in [1.807, 2.05) is 25.8 Å². The zero-order chi connectivity index (χ0) is 9.78. The lowest BCUT2D eigenvalue weighted by molar-refractivity contribution is -0.0638. The average molecular weight is 174 g/mol. The fourth-order valence-corrected chi connectivity index (χ4v) is 0.898. The van der Waals surface area contributed by atoms with E-state index in [2.05, 4.69) is 19.0 Å². The Morgan fingerprint density at radius 2 is 1.58 bits per heavy atom. The fourth-order valence-electron chi connectivity index (χ4n) is 0.898. The van der Waals surface area contributed by atoms with Crippen molar-refractivity contribution >= 4 is 0 Å². The minimum atomic E-state index is -0.688. The third kappa shape index (κ3) is 5.52. The maximum Gasteiger partial charge on any atom is 0.112 e. The monoisotopic (exact) mass is 174 g/mol. The van der Waals surface area contributed by atoms with Crippen molar-refractivity contribution in [3.8, 4) is 0 Å². The topological polar surface area (TPSA) is 26.7 Å². The summed E-state index contributed by atoms with van der Waals surface area (Å²) in [6.07, 6.45) is 1.09. The quantitative estimate of drug-likeness (QED) is 0.618. The van der Waals surface area contributed by atoms with Gasteiger partial charge in [-0.3, -0.25) is 4.90 Å². The van der Waals surface area contributed by atoms with Gasteiger partial charge < -0.3 is 10.0 Å². The van der Waals surface area contributed by atoms with Crippen molar-refractivity contribution in [1.82, 2.24) is 9.80 Å². The summed E-state index contributed by atoms with van der Waals surface area (Å²) >= 11 is 0. The first-order valence-electron chi connectivity index (χ1n) is 4.42. The molecule has 0 aliphatic carbocycles. The van der Waals surface area contributed by atoms with Crippen molar-refractivity contribution in [3.63, 3.8) is 0 Å². The van der Waals surface area contributed by atoms with Gasteiger partial charge in [-0.1, -0.05) is 0 Å². The van der Waals surface area contributed by atoms with Crippen LogP contribution in [0.2, 0.25) is 0 Å². The molecule has 0 aromatic heterocycles. The lowest BCUT2D eigenvalue weighted by Crippen LogP contribution is -2.41. The van der Waals surface area contributed by atoms with E-state index >= 15 is 0 Å². The number of aliphatic hydroxyl groups is 1. The normalized spacial score (nSPS) is 13.0. The predicted molar refractivity (Wildman–Crippen MR) is 52.1 cm³/mol. The summed E-state index contributed by atoms with van der Waals surface area (Å²) in [7, 11) is 6.06. The largest absolute Gasteiger partial charge is 0.376 e. The third-order valence-corrected chi connectivity index (χ3v) is 2.03. The van der Waals surface area contributed by atoms with Crippen molar-refractivity contribution in [2.75, 3.05) is 34.2 Å². The van der Waals surface area contributed by atoms with Crippen LogP contribution in [0.1, 0.15) is 20.3 Å². The van der Waals surface area contributed by atoms with Crippen LogP contribution in [0, 0.1) is 0 Å². The van der Waals surface area contributed by atoms with Gasteiger partial charge in [0, 0.05) is 6.54 Å². The molecular weight excluding hydrogens is 152 g/mol. The highest BCUT2D eigenvalue weighted by atomic mass is 16.3. The molecule has 0 radical (unpaired) electrons. The summed E-state index contributed by atoms with van der Waals surface area (Å²) in [5, 5.41) is 9.56. The zero-order valence-electron chi connectivity index (χ0n) is 8.96. The third-order valence-electron chi connectivity index (χ3n) is 2.03. The molecule has 3 nitrogen and oxygen atoms in total. The Hall–Kier alpha value is -0.120. The van der Waals surface area contributed by atoms with Crippen molar-refractivity contribution in [1.29, 1.82) is 0 Å². The van der Waals surface area contributed by atoms with Gasteiger partial charge in [0.15, 0.2) is 0 Å². The molecule has 0 aromatic rings. The molecule has 0 saturated heterocycles. The SMILES string of the molecule is CN(C)CCCN(C)C(C)(C)O. The Bertz CT molecular complexity index is 118. The number of hydrogen-bond donors (Lipinski definition) is 1. The number of rotatable bonds is 5. The highest BCUT2D eigenvalue weighted by Crippen LogP contribution is 2.06. The molecular formula is C9H22N2O. The lowest BCUT2D eigenvalue weighted by atomic mass is 10.2. The summed E-state index contributed by atoms with van der Waals surface area (Å²) < 4.78 is 0. The maximum absolute atomic E-state index is 9.56. The first kappa shape index (κ1) is 11.9. The van der Waals surface area contributed by atoms with E-state index in [0.29, 0.717) is 0 Å². The molecule has 0 unspecified atom stereocenters. The van der Waals surface area contributed by atoms with Gasteiger partial charge >= 0.3 is 0 Å². The highest BCUT2D eigenvalue weighted by molar-refractivity contribution is 4.65. The molecule has 12 heavy (non-hydrogen) atoms. The predicted octanol–water partition coefficient (Wildman–Crippen LogP) is 0.598. The molecule has 3 heteroatoms. The van der Waals surface area contributed by atoms with E-state index in [9.17, 15) is 5.11 Å². The Balaban J connectivity index is 3.51. The smallest absolute Gasteiger partial charge is 0.112 e. The van der Waals surface area contributed by atoms with Gasteiger partial charge in [-0.15, -0.1) is 0 Å². The molecule has 0 aromatic carbocycles. The molecule has 0 aliphatic heterocycles. The molecule has 74 valence electrons. The first-order valence-corrected chi connectivity index (χ1v) is 4.42. The van der Waals surface area contributed by atoms with E-state index < -0.39 is 5.72 Å². The highest BCUT2D eigenvalue weighted by Gasteiger charge is 2.17. The molecule has 0 spiro atoms. The van der Waals surface area contributed by atoms with Crippen LogP contribution in [0.3, 0.4) is 0 Å². The van der Waals surface area contributed by atoms with Gasteiger partial charge in [0.05, 0.1) is 0 Å². The van der Waals surface area contributed by atoms with Gasteiger partial charge in [-0.2, -0.15) is 0 Å². The van der Waals surface area contributed by atoms with Gasteiger partial charge in [0.1, 0.15) is 5.72 Å². The molecule has 0 amide bonds. The van der Waals surface area contributed by atoms with Gasteiger partial charge in [-0.25, -0.2) is 0 Å². The van der Waals surface area contributed by atoms with Crippen LogP contribution in [0.5, 0.6) is 0 Å². The summed E-state index contributed by atoms with van der Waals surface area (Å²) in [4.78, 5) is 4.11. The molecule has 0 atom stereocenters. The van der Waals surface area contributed by atoms with Crippen molar-refractivity contribution in [2.24, 2.45) is 0 Å². The van der Waals surface area contributed by atoms with Gasteiger partial charge in [0.2, 0.25) is 0 Å². The standard InChI is InChI=1S/C9H22N2O/c1-9(2,12)11(5)8-6-7-10(3)4/h12H,6-8H2,1-5H3. The van der Waals surface area contributed by atoms with Crippen molar-refractivity contribution < 1.29 is 5.11 Å². The van der Waals surface area contributed by atoms with Crippen LogP contribution < -0.4 is 0 Å². The van der Waals surface area contributed by atoms with Crippen LogP contribution in [0.4, 0.5) is 0 Å². The molecule has 0 aliphatic rings. The molecule has 0 fully saturated rings. The minimum absolute atomic E-state index is 0.688. The summed E-state index contributed by atoms with van der Waals surface area (Å²) in [6.45, 7) is 5.62. The maximum atomic E-state index is 9.56. The molecule has 0 heterocycles. The molecule has 0 rings (SSSR count). The number of hydrogen-bond acceptors (Lipinski definition) is 3. The first-order chi connectivity index (χ1) is 5.34. The fraction of sp³-hybridized carbons (Fsp3) is 1.00. The van der Waals surface area contributed by atoms with Crippen LogP contribution in [-0.2, 0) is 0 Å². The molecule has 1 N–H and O–H groups in total. The minimum Gasteiger partial charge on any atom is -0.376 e. The van der Waals surface area contributed by atoms with Gasteiger partial charge in [-0.05, 0) is 48.0 Å². The van der Waals surface area contributed by atoms with E-state index in [4.69, 9.17) is 0 Å². The second kappa shape index (κ2) is 4.80. The molecule has 0 saturated carbocycles. The number of nitrogens with zero attached hydrogens (tertiary/aromatic N) is 2. The summed E-state index contributed by atoms with van der Waals surface area (Å²) in [5.74, 6) is 0. The van der Waals surface area contributed by atoms with Gasteiger partial charge in [0.25, 0.3) is 0 Å².